The minimum absolute atomic E-state index is 0.193. The van der Waals surface area contributed by atoms with Gasteiger partial charge in [-0.15, -0.1) is 0 Å². The molecule has 94 valence electrons. The van der Waals surface area contributed by atoms with Gasteiger partial charge in [0.1, 0.15) is 12.7 Å². The number of hydrogen-bond donors (Lipinski definition) is 2. The maximum atomic E-state index is 11.5. The zero-order valence-corrected chi connectivity index (χ0v) is 10.1. The Hall–Kier alpha value is -1.39. The number of ether oxygens (including phenoxy) is 1. The lowest BCUT2D eigenvalue weighted by atomic mass is 10.0. The Morgan fingerprint density at radius 2 is 1.88 bits per heavy atom. The topological polar surface area (TPSA) is 66.8 Å². The van der Waals surface area contributed by atoms with Crippen molar-refractivity contribution in [2.75, 3.05) is 13.2 Å². The van der Waals surface area contributed by atoms with Gasteiger partial charge in [0.25, 0.3) is 0 Å². The minimum atomic E-state index is -1.02. The summed E-state index contributed by atoms with van der Waals surface area (Å²) in [5, 5.41) is 17.6. The summed E-state index contributed by atoms with van der Waals surface area (Å²) in [5.74, 6) is -0.0795. The van der Waals surface area contributed by atoms with Gasteiger partial charge in [0, 0.05) is 0 Å². The lowest BCUT2D eigenvalue weighted by Crippen LogP contribution is -2.21. The van der Waals surface area contributed by atoms with Gasteiger partial charge in [-0.1, -0.05) is 26.0 Å². The maximum absolute atomic E-state index is 11.5. The van der Waals surface area contributed by atoms with Crippen molar-refractivity contribution in [3.63, 3.8) is 0 Å². The third-order valence-electron chi connectivity index (χ3n) is 2.43. The largest absolute Gasteiger partial charge is 0.459 e. The molecule has 0 fully saturated rings. The molecule has 4 heteroatoms. The summed E-state index contributed by atoms with van der Waals surface area (Å²) in [7, 11) is 0. The van der Waals surface area contributed by atoms with E-state index < -0.39 is 18.7 Å². The summed E-state index contributed by atoms with van der Waals surface area (Å²) in [4.78, 5) is 11.5. The molecule has 0 aromatic heterocycles. The van der Waals surface area contributed by atoms with Gasteiger partial charge >= 0.3 is 5.97 Å². The number of esters is 1. The lowest BCUT2D eigenvalue weighted by molar-refractivity contribution is 0.00933. The average molecular weight is 238 g/mol. The second-order valence-electron chi connectivity index (χ2n) is 4.21. The molecule has 1 aromatic rings. The van der Waals surface area contributed by atoms with Crippen LogP contribution in [0, 0.1) is 0 Å². The summed E-state index contributed by atoms with van der Waals surface area (Å²) in [6, 6.07) is 7.15. The van der Waals surface area contributed by atoms with Crippen molar-refractivity contribution < 1.29 is 19.7 Å². The predicted molar refractivity (Wildman–Crippen MR) is 63.9 cm³/mol. The molecule has 0 spiro atoms. The van der Waals surface area contributed by atoms with E-state index in [-0.39, 0.29) is 6.61 Å². The molecule has 0 radical (unpaired) electrons. The van der Waals surface area contributed by atoms with Crippen molar-refractivity contribution in [1.82, 2.24) is 0 Å². The first-order chi connectivity index (χ1) is 8.04. The molecule has 4 nitrogen and oxygen atoms in total. The van der Waals surface area contributed by atoms with Crippen molar-refractivity contribution in [2.24, 2.45) is 0 Å². The van der Waals surface area contributed by atoms with Crippen LogP contribution < -0.4 is 0 Å². The molecular weight excluding hydrogens is 220 g/mol. The van der Waals surface area contributed by atoms with Gasteiger partial charge in [0.2, 0.25) is 0 Å². The van der Waals surface area contributed by atoms with Crippen LogP contribution in [0.3, 0.4) is 0 Å². The molecule has 1 unspecified atom stereocenters. The zero-order chi connectivity index (χ0) is 12.8. The van der Waals surface area contributed by atoms with Gasteiger partial charge < -0.3 is 14.9 Å². The summed E-state index contributed by atoms with van der Waals surface area (Å²) in [6.45, 7) is 3.54. The summed E-state index contributed by atoms with van der Waals surface area (Å²) < 4.78 is 4.83. The fraction of sp³-hybridized carbons (Fsp3) is 0.462. The summed E-state index contributed by atoms with van der Waals surface area (Å²) in [6.07, 6.45) is -1.02. The Kier molecular flexibility index (Phi) is 5.12. The van der Waals surface area contributed by atoms with E-state index >= 15 is 0 Å². The molecule has 0 aliphatic rings. The van der Waals surface area contributed by atoms with Crippen LogP contribution in [0.5, 0.6) is 0 Å². The van der Waals surface area contributed by atoms with Crippen molar-refractivity contribution in [1.29, 1.82) is 0 Å². The van der Waals surface area contributed by atoms with Crippen LogP contribution in [0.2, 0.25) is 0 Å². The molecule has 0 saturated carbocycles. The highest BCUT2D eigenvalue weighted by molar-refractivity contribution is 5.89. The van der Waals surface area contributed by atoms with E-state index in [0.29, 0.717) is 11.5 Å². The lowest BCUT2D eigenvalue weighted by Gasteiger charge is -2.09. The maximum Gasteiger partial charge on any atom is 0.338 e. The second kappa shape index (κ2) is 6.37. The van der Waals surface area contributed by atoms with E-state index in [1.165, 1.54) is 0 Å². The Morgan fingerprint density at radius 3 is 2.35 bits per heavy atom. The average Bonchev–Trinajstić information content (AvgIpc) is 2.35. The normalized spacial score (nSPS) is 12.5. The molecule has 0 aliphatic carbocycles. The van der Waals surface area contributed by atoms with Gasteiger partial charge in [0.15, 0.2) is 0 Å². The molecular formula is C13H18O4. The third kappa shape index (κ3) is 4.17. The van der Waals surface area contributed by atoms with E-state index in [9.17, 15) is 4.79 Å². The zero-order valence-electron chi connectivity index (χ0n) is 10.1. The number of aliphatic hydroxyl groups is 2. The number of rotatable bonds is 5. The van der Waals surface area contributed by atoms with Gasteiger partial charge in [0.05, 0.1) is 12.2 Å². The minimum Gasteiger partial charge on any atom is -0.459 e. The van der Waals surface area contributed by atoms with E-state index in [1.807, 2.05) is 12.1 Å². The fourth-order valence-electron chi connectivity index (χ4n) is 1.31. The second-order valence-corrected chi connectivity index (χ2v) is 4.21. The monoisotopic (exact) mass is 238 g/mol. The van der Waals surface area contributed by atoms with Crippen LogP contribution >= 0.6 is 0 Å². The van der Waals surface area contributed by atoms with Crippen LogP contribution in [-0.2, 0) is 4.74 Å². The molecule has 0 saturated heterocycles. The Balaban J connectivity index is 2.58. The number of carbonyl (C=O) groups is 1. The quantitative estimate of drug-likeness (QED) is 0.759. The Labute approximate surface area is 101 Å². The summed E-state index contributed by atoms with van der Waals surface area (Å²) >= 11 is 0. The third-order valence-corrected chi connectivity index (χ3v) is 2.43. The van der Waals surface area contributed by atoms with Crippen LogP contribution in [-0.4, -0.2) is 35.5 Å². The smallest absolute Gasteiger partial charge is 0.338 e. The molecule has 1 aromatic carbocycles. The van der Waals surface area contributed by atoms with Crippen LogP contribution in [0.25, 0.3) is 0 Å². The highest BCUT2D eigenvalue weighted by Gasteiger charge is 2.10. The van der Waals surface area contributed by atoms with Crippen LogP contribution in [0.15, 0.2) is 24.3 Å². The molecule has 1 atom stereocenters. The number of carbonyl (C=O) groups excluding carboxylic acids is 1. The van der Waals surface area contributed by atoms with Crippen molar-refractivity contribution in [2.45, 2.75) is 25.9 Å². The molecule has 2 N–H and O–H groups in total. The first-order valence-electron chi connectivity index (χ1n) is 5.60. The van der Waals surface area contributed by atoms with Crippen LogP contribution in [0.4, 0.5) is 0 Å². The molecule has 1 rings (SSSR count). The molecule has 17 heavy (non-hydrogen) atoms. The Morgan fingerprint density at radius 1 is 1.29 bits per heavy atom. The van der Waals surface area contributed by atoms with Gasteiger partial charge in [-0.2, -0.15) is 0 Å². The molecule has 0 amide bonds. The van der Waals surface area contributed by atoms with E-state index in [1.54, 1.807) is 12.1 Å². The highest BCUT2D eigenvalue weighted by atomic mass is 16.5. The Bertz CT molecular complexity index is 356. The standard InChI is InChI=1S/C13H18O4/c1-9(2)10-3-5-11(6-4-10)13(16)17-8-12(15)7-14/h3-6,9,12,14-15H,7-8H2,1-2H3. The number of hydrogen-bond acceptors (Lipinski definition) is 4. The fourth-order valence-corrected chi connectivity index (χ4v) is 1.31. The van der Waals surface area contributed by atoms with Crippen molar-refractivity contribution >= 4 is 5.97 Å². The van der Waals surface area contributed by atoms with Gasteiger partial charge in [-0.3, -0.25) is 0 Å². The van der Waals surface area contributed by atoms with E-state index in [2.05, 4.69) is 13.8 Å². The number of benzene rings is 1. The highest BCUT2D eigenvalue weighted by Crippen LogP contribution is 2.15. The SMILES string of the molecule is CC(C)c1ccc(C(=O)OCC(O)CO)cc1. The first-order valence-corrected chi connectivity index (χ1v) is 5.60. The van der Waals surface area contributed by atoms with E-state index in [0.717, 1.165) is 5.56 Å². The van der Waals surface area contributed by atoms with Crippen molar-refractivity contribution in [3.8, 4) is 0 Å². The van der Waals surface area contributed by atoms with Crippen molar-refractivity contribution in [3.05, 3.63) is 35.4 Å². The van der Waals surface area contributed by atoms with Gasteiger partial charge in [-0.05, 0) is 23.6 Å². The molecule has 0 bridgehead atoms. The molecule has 0 heterocycles. The van der Waals surface area contributed by atoms with Gasteiger partial charge in [-0.25, -0.2) is 4.79 Å². The summed E-state index contributed by atoms with van der Waals surface area (Å²) in [5.41, 5.74) is 1.59. The predicted octanol–water partition coefficient (Wildman–Crippen LogP) is 1.32. The number of aliphatic hydroxyl groups excluding tert-OH is 2. The molecule has 0 aliphatic heterocycles. The van der Waals surface area contributed by atoms with E-state index in [4.69, 9.17) is 14.9 Å². The van der Waals surface area contributed by atoms with Crippen LogP contribution in [0.1, 0.15) is 35.7 Å². The first kappa shape index (κ1) is 13.7.